The van der Waals surface area contributed by atoms with Crippen molar-refractivity contribution in [1.82, 2.24) is 9.88 Å². The van der Waals surface area contributed by atoms with Gasteiger partial charge in [-0.15, -0.1) is 0 Å². The van der Waals surface area contributed by atoms with Gasteiger partial charge in [-0.05, 0) is 18.1 Å². The van der Waals surface area contributed by atoms with E-state index in [-0.39, 0.29) is 0 Å². The smallest absolute Gasteiger partial charge is 0.407 e. The number of nitrogens with zero attached hydrogens (tertiary/aromatic N) is 2. The number of rotatable bonds is 2. The van der Waals surface area contributed by atoms with Crippen LogP contribution in [0.15, 0.2) is 24.3 Å². The summed E-state index contributed by atoms with van der Waals surface area (Å²) in [5.41, 5.74) is 1.93. The van der Waals surface area contributed by atoms with E-state index >= 15 is 0 Å². The van der Waals surface area contributed by atoms with Crippen molar-refractivity contribution in [1.29, 1.82) is 0 Å². The minimum absolute atomic E-state index is 0.420. The normalized spacial score (nSPS) is 15.4. The first kappa shape index (κ1) is 11.4. The average Bonchev–Trinajstić information content (AvgIpc) is 2.39. The van der Waals surface area contributed by atoms with Gasteiger partial charge in [0, 0.05) is 19.2 Å². The molecule has 90 valence electrons. The Morgan fingerprint density at radius 2 is 2.35 bits per heavy atom. The van der Waals surface area contributed by atoms with Crippen molar-refractivity contribution in [2.24, 2.45) is 0 Å². The second-order valence-corrected chi connectivity index (χ2v) is 3.77. The van der Waals surface area contributed by atoms with E-state index in [4.69, 9.17) is 9.84 Å². The molecule has 1 aromatic heterocycles. The molecule has 0 radical (unpaired) electrons. The lowest BCUT2D eigenvalue weighted by Crippen LogP contribution is -2.33. The van der Waals surface area contributed by atoms with Crippen LogP contribution in [0.25, 0.3) is 5.57 Å². The molecular weight excluding hydrogens is 220 g/mol. The van der Waals surface area contributed by atoms with Crippen molar-refractivity contribution in [2.75, 3.05) is 20.2 Å². The van der Waals surface area contributed by atoms with Crippen LogP contribution < -0.4 is 4.74 Å². The number of hydrogen-bond donors (Lipinski definition) is 1. The highest BCUT2D eigenvalue weighted by molar-refractivity contribution is 5.70. The Morgan fingerprint density at radius 3 is 2.94 bits per heavy atom. The van der Waals surface area contributed by atoms with E-state index in [0.717, 1.165) is 11.3 Å². The van der Waals surface area contributed by atoms with E-state index in [0.29, 0.717) is 25.4 Å². The Kier molecular flexibility index (Phi) is 3.27. The van der Waals surface area contributed by atoms with E-state index in [9.17, 15) is 4.79 Å². The molecule has 0 aromatic carbocycles. The van der Waals surface area contributed by atoms with Crippen molar-refractivity contribution < 1.29 is 14.6 Å². The van der Waals surface area contributed by atoms with Gasteiger partial charge >= 0.3 is 6.09 Å². The Hall–Kier alpha value is -2.04. The summed E-state index contributed by atoms with van der Waals surface area (Å²) >= 11 is 0. The lowest BCUT2D eigenvalue weighted by Gasteiger charge is -2.23. The Bertz CT molecular complexity index is 457. The minimum Gasteiger partial charge on any atom is -0.481 e. The molecule has 1 aliphatic rings. The maximum atomic E-state index is 10.8. The van der Waals surface area contributed by atoms with Crippen LogP contribution in [0.4, 0.5) is 4.79 Å². The highest BCUT2D eigenvalue weighted by atomic mass is 16.5. The zero-order chi connectivity index (χ0) is 12.3. The van der Waals surface area contributed by atoms with Crippen LogP contribution in [-0.4, -0.2) is 41.3 Å². The molecule has 2 heterocycles. The number of carboxylic acid groups (broad SMARTS) is 1. The quantitative estimate of drug-likeness (QED) is 0.848. The zero-order valence-electron chi connectivity index (χ0n) is 9.59. The molecule has 0 spiro atoms. The summed E-state index contributed by atoms with van der Waals surface area (Å²) in [4.78, 5) is 16.5. The van der Waals surface area contributed by atoms with Gasteiger partial charge in [0.05, 0.1) is 12.8 Å². The van der Waals surface area contributed by atoms with Gasteiger partial charge in [0.25, 0.3) is 0 Å². The molecule has 0 saturated carbocycles. The van der Waals surface area contributed by atoms with Crippen molar-refractivity contribution in [3.63, 3.8) is 0 Å². The van der Waals surface area contributed by atoms with E-state index in [1.54, 1.807) is 13.2 Å². The summed E-state index contributed by atoms with van der Waals surface area (Å²) < 4.78 is 5.06. The van der Waals surface area contributed by atoms with Gasteiger partial charge in [-0.1, -0.05) is 12.1 Å². The first-order valence-corrected chi connectivity index (χ1v) is 5.39. The summed E-state index contributed by atoms with van der Waals surface area (Å²) in [6.45, 7) is 0.934. The number of amides is 1. The van der Waals surface area contributed by atoms with E-state index in [2.05, 4.69) is 4.98 Å². The van der Waals surface area contributed by atoms with Gasteiger partial charge in [0.1, 0.15) is 0 Å². The molecule has 0 fully saturated rings. The number of carbonyl (C=O) groups is 1. The van der Waals surface area contributed by atoms with E-state index < -0.39 is 6.09 Å². The number of pyridine rings is 1. The van der Waals surface area contributed by atoms with E-state index in [1.807, 2.05) is 18.2 Å². The Morgan fingerprint density at radius 1 is 1.53 bits per heavy atom. The lowest BCUT2D eigenvalue weighted by atomic mass is 10.0. The maximum Gasteiger partial charge on any atom is 0.407 e. The van der Waals surface area contributed by atoms with Gasteiger partial charge in [-0.25, -0.2) is 9.78 Å². The van der Waals surface area contributed by atoms with Crippen LogP contribution in [0.3, 0.4) is 0 Å². The van der Waals surface area contributed by atoms with Crippen LogP contribution in [0.1, 0.15) is 12.1 Å². The summed E-state index contributed by atoms with van der Waals surface area (Å²) in [6, 6.07) is 5.58. The monoisotopic (exact) mass is 234 g/mol. The summed E-state index contributed by atoms with van der Waals surface area (Å²) in [6.07, 6.45) is 1.71. The molecule has 1 N–H and O–H groups in total. The van der Waals surface area contributed by atoms with Crippen molar-refractivity contribution in [3.05, 3.63) is 30.0 Å². The third-order valence-electron chi connectivity index (χ3n) is 2.74. The second kappa shape index (κ2) is 4.86. The maximum absolute atomic E-state index is 10.8. The Labute approximate surface area is 99.3 Å². The largest absolute Gasteiger partial charge is 0.481 e. The molecule has 2 rings (SSSR count). The molecule has 0 bridgehead atoms. The minimum atomic E-state index is -0.876. The predicted molar refractivity (Wildman–Crippen MR) is 63.0 cm³/mol. The number of aromatic nitrogens is 1. The van der Waals surface area contributed by atoms with Crippen LogP contribution >= 0.6 is 0 Å². The van der Waals surface area contributed by atoms with Crippen LogP contribution in [0.2, 0.25) is 0 Å². The molecule has 0 atom stereocenters. The number of methoxy groups -OCH3 is 1. The molecule has 17 heavy (non-hydrogen) atoms. The fraction of sp³-hybridized carbons (Fsp3) is 0.333. The summed E-state index contributed by atoms with van der Waals surface area (Å²) in [7, 11) is 1.58. The third kappa shape index (κ3) is 2.55. The summed E-state index contributed by atoms with van der Waals surface area (Å²) in [5.74, 6) is 0.573. The van der Waals surface area contributed by atoms with Crippen LogP contribution in [-0.2, 0) is 0 Å². The fourth-order valence-corrected chi connectivity index (χ4v) is 1.78. The first-order valence-electron chi connectivity index (χ1n) is 5.39. The molecule has 5 heteroatoms. The molecule has 0 unspecified atom stereocenters. The Balaban J connectivity index is 2.16. The molecule has 1 aromatic rings. The first-order chi connectivity index (χ1) is 8.20. The molecular formula is C12H14N2O3. The highest BCUT2D eigenvalue weighted by Crippen LogP contribution is 2.22. The number of hydrogen-bond acceptors (Lipinski definition) is 3. The second-order valence-electron chi connectivity index (χ2n) is 3.77. The SMILES string of the molecule is COc1cccc(C2=CCN(C(=O)O)CC2)n1. The van der Waals surface area contributed by atoms with Crippen molar-refractivity contribution in [2.45, 2.75) is 6.42 Å². The van der Waals surface area contributed by atoms with Crippen molar-refractivity contribution >= 4 is 11.7 Å². The standard InChI is InChI=1S/C12H14N2O3/c1-17-11-4-2-3-10(13-11)9-5-7-14(8-6-9)12(15)16/h2-5H,6-8H2,1H3,(H,15,16). The van der Waals surface area contributed by atoms with Gasteiger partial charge < -0.3 is 14.7 Å². The van der Waals surface area contributed by atoms with Gasteiger partial charge in [-0.3, -0.25) is 0 Å². The molecule has 1 aliphatic heterocycles. The summed E-state index contributed by atoms with van der Waals surface area (Å²) in [5, 5.41) is 8.84. The molecule has 0 saturated heterocycles. The van der Waals surface area contributed by atoms with Crippen LogP contribution in [0.5, 0.6) is 5.88 Å². The fourth-order valence-electron chi connectivity index (χ4n) is 1.78. The highest BCUT2D eigenvalue weighted by Gasteiger charge is 2.17. The van der Waals surface area contributed by atoms with Gasteiger partial charge in [0.2, 0.25) is 5.88 Å². The number of ether oxygens (including phenoxy) is 1. The lowest BCUT2D eigenvalue weighted by molar-refractivity contribution is 0.150. The third-order valence-corrected chi connectivity index (χ3v) is 2.74. The topological polar surface area (TPSA) is 62.7 Å². The zero-order valence-corrected chi connectivity index (χ0v) is 9.59. The van der Waals surface area contributed by atoms with Gasteiger partial charge in [-0.2, -0.15) is 0 Å². The van der Waals surface area contributed by atoms with Crippen molar-refractivity contribution in [3.8, 4) is 5.88 Å². The molecule has 0 aliphatic carbocycles. The van der Waals surface area contributed by atoms with E-state index in [1.165, 1.54) is 4.90 Å². The predicted octanol–water partition coefficient (Wildman–Crippen LogP) is 1.86. The van der Waals surface area contributed by atoms with Gasteiger partial charge in [0.15, 0.2) is 0 Å². The molecule has 5 nitrogen and oxygen atoms in total. The molecule has 1 amide bonds. The average molecular weight is 234 g/mol. The van der Waals surface area contributed by atoms with Crippen LogP contribution in [0, 0.1) is 0 Å².